The highest BCUT2D eigenvalue weighted by atomic mass is 14.2. The number of rotatable bonds is 8. The van der Waals surface area contributed by atoms with Gasteiger partial charge >= 0.3 is 0 Å². The van der Waals surface area contributed by atoms with Gasteiger partial charge in [-0.05, 0) is 84.6 Å². The molecule has 0 heterocycles. The minimum Gasteiger partial charge on any atom is -0.0985 e. The first-order valence-corrected chi connectivity index (χ1v) is 9.21. The van der Waals surface area contributed by atoms with Crippen LogP contribution in [-0.2, 0) is 6.42 Å². The van der Waals surface area contributed by atoms with E-state index in [2.05, 4.69) is 78.6 Å². The van der Waals surface area contributed by atoms with Crippen molar-refractivity contribution < 1.29 is 0 Å². The van der Waals surface area contributed by atoms with Crippen LogP contribution < -0.4 is 0 Å². The number of hydrogen-bond donors (Lipinski definition) is 0. The first-order valence-electron chi connectivity index (χ1n) is 9.21. The maximum Gasteiger partial charge on any atom is -0.0166 e. The fourth-order valence-electron chi connectivity index (χ4n) is 3.04. The highest BCUT2D eigenvalue weighted by Gasteiger charge is 2.11. The van der Waals surface area contributed by atoms with Crippen LogP contribution in [0.25, 0.3) is 5.57 Å². The second-order valence-electron chi connectivity index (χ2n) is 7.10. The molecule has 0 nitrogen and oxygen atoms in total. The summed E-state index contributed by atoms with van der Waals surface area (Å²) in [5.41, 5.74) is 9.68. The summed E-state index contributed by atoms with van der Waals surface area (Å²) in [4.78, 5) is 0. The molecule has 0 aromatic heterocycles. The molecule has 0 spiro atoms. The minimum absolute atomic E-state index is 0.684. The smallest absolute Gasteiger partial charge is 0.0166 e. The molecule has 1 aromatic rings. The van der Waals surface area contributed by atoms with Gasteiger partial charge in [0.05, 0.1) is 0 Å². The Morgan fingerprint density at radius 3 is 2.24 bits per heavy atom. The van der Waals surface area contributed by atoms with Gasteiger partial charge in [-0.15, -0.1) is 0 Å². The first-order chi connectivity index (χ1) is 11.7. The predicted molar refractivity (Wildman–Crippen MR) is 115 cm³/mol. The summed E-state index contributed by atoms with van der Waals surface area (Å²) < 4.78 is 0. The molecule has 0 bridgehead atoms. The maximum absolute atomic E-state index is 4.25. The van der Waals surface area contributed by atoms with Crippen LogP contribution in [-0.4, -0.2) is 0 Å². The summed E-state index contributed by atoms with van der Waals surface area (Å²) in [6, 6.07) is 4.68. The summed E-state index contributed by atoms with van der Waals surface area (Å²) in [6.45, 7) is 25.3. The third-order valence-electron chi connectivity index (χ3n) is 5.03. The SMILES string of the molecule is C=CC(=C)/C(=C/C)C(=C)/C=C(\C)c1cc(C)c(C)cc1CC(C)CC. The average molecular weight is 335 g/mol. The molecule has 0 aliphatic heterocycles. The van der Waals surface area contributed by atoms with Crippen LogP contribution in [0.1, 0.15) is 56.4 Å². The summed E-state index contributed by atoms with van der Waals surface area (Å²) in [7, 11) is 0. The van der Waals surface area contributed by atoms with E-state index in [1.165, 1.54) is 34.2 Å². The molecule has 1 atom stereocenters. The van der Waals surface area contributed by atoms with Crippen LogP contribution in [0, 0.1) is 19.8 Å². The van der Waals surface area contributed by atoms with Gasteiger partial charge in [0, 0.05) is 0 Å². The Morgan fingerprint density at radius 1 is 1.12 bits per heavy atom. The average Bonchev–Trinajstić information content (AvgIpc) is 2.57. The molecule has 1 rings (SSSR count). The van der Waals surface area contributed by atoms with Gasteiger partial charge in [0.1, 0.15) is 0 Å². The maximum atomic E-state index is 4.25. The topological polar surface area (TPSA) is 0 Å². The molecule has 0 aliphatic rings. The summed E-state index contributed by atoms with van der Waals surface area (Å²) in [6.07, 6.45) is 8.32. The zero-order valence-corrected chi connectivity index (χ0v) is 17.0. The minimum atomic E-state index is 0.684. The van der Waals surface area contributed by atoms with Crippen molar-refractivity contribution in [2.45, 2.75) is 54.4 Å². The van der Waals surface area contributed by atoms with Gasteiger partial charge in [0.15, 0.2) is 0 Å². The van der Waals surface area contributed by atoms with Gasteiger partial charge in [0.25, 0.3) is 0 Å². The van der Waals surface area contributed by atoms with E-state index in [1.54, 1.807) is 6.08 Å². The summed E-state index contributed by atoms with van der Waals surface area (Å²) >= 11 is 0. The van der Waals surface area contributed by atoms with E-state index in [9.17, 15) is 0 Å². The first kappa shape index (κ1) is 21.0. The normalized spacial score (nSPS) is 13.5. The number of hydrogen-bond acceptors (Lipinski definition) is 0. The molecule has 0 heteroatoms. The Morgan fingerprint density at radius 2 is 1.72 bits per heavy atom. The molecular formula is C25H34. The Kier molecular flexibility index (Phi) is 7.90. The predicted octanol–water partition coefficient (Wildman–Crippen LogP) is 7.54. The van der Waals surface area contributed by atoms with E-state index in [0.29, 0.717) is 5.92 Å². The van der Waals surface area contributed by atoms with Gasteiger partial charge in [-0.1, -0.05) is 70.4 Å². The molecule has 1 unspecified atom stereocenters. The van der Waals surface area contributed by atoms with Crippen molar-refractivity contribution in [2.24, 2.45) is 5.92 Å². The largest absolute Gasteiger partial charge is 0.0985 e. The summed E-state index contributed by atoms with van der Waals surface area (Å²) in [5, 5.41) is 0. The Bertz CT molecular complexity index is 723. The van der Waals surface area contributed by atoms with E-state index < -0.39 is 0 Å². The van der Waals surface area contributed by atoms with Crippen molar-refractivity contribution in [1.82, 2.24) is 0 Å². The molecule has 0 saturated carbocycles. The molecule has 134 valence electrons. The van der Waals surface area contributed by atoms with E-state index in [4.69, 9.17) is 0 Å². The van der Waals surface area contributed by atoms with Crippen molar-refractivity contribution in [2.75, 3.05) is 0 Å². The lowest BCUT2D eigenvalue weighted by Crippen LogP contribution is -2.03. The zero-order valence-electron chi connectivity index (χ0n) is 17.0. The van der Waals surface area contributed by atoms with E-state index in [1.807, 2.05) is 6.92 Å². The van der Waals surface area contributed by atoms with Crippen molar-refractivity contribution in [3.8, 4) is 0 Å². The van der Waals surface area contributed by atoms with E-state index in [0.717, 1.165) is 23.1 Å². The van der Waals surface area contributed by atoms with Crippen LogP contribution in [0.3, 0.4) is 0 Å². The monoisotopic (exact) mass is 334 g/mol. The van der Waals surface area contributed by atoms with E-state index in [-0.39, 0.29) is 0 Å². The molecule has 1 aromatic carbocycles. The van der Waals surface area contributed by atoms with Gasteiger partial charge < -0.3 is 0 Å². The number of aryl methyl sites for hydroxylation is 2. The molecule has 0 radical (unpaired) electrons. The van der Waals surface area contributed by atoms with Crippen LogP contribution in [0.2, 0.25) is 0 Å². The highest BCUT2D eigenvalue weighted by molar-refractivity contribution is 5.72. The standard InChI is InChI=1S/C25H34/c1-10-17(4)13-23-15-19(6)20(7)16-25(23)22(9)14-21(8)24(12-3)18(5)11-2/h11-12,14-17H,2,5,8,10,13H2,1,3-4,6-7,9H3/b22-14+,24-12-. The fourth-order valence-corrected chi connectivity index (χ4v) is 3.04. The van der Waals surface area contributed by atoms with Crippen LogP contribution in [0.5, 0.6) is 0 Å². The number of benzene rings is 1. The van der Waals surface area contributed by atoms with Crippen molar-refractivity contribution in [1.29, 1.82) is 0 Å². The third kappa shape index (κ3) is 5.46. The second kappa shape index (κ2) is 9.42. The Labute approximate surface area is 155 Å². The highest BCUT2D eigenvalue weighted by Crippen LogP contribution is 2.29. The fraction of sp³-hybridized carbons (Fsp3) is 0.360. The van der Waals surface area contributed by atoms with E-state index >= 15 is 0 Å². The van der Waals surface area contributed by atoms with Crippen molar-refractivity contribution in [3.63, 3.8) is 0 Å². The van der Waals surface area contributed by atoms with Gasteiger partial charge in [-0.2, -0.15) is 0 Å². The quantitative estimate of drug-likeness (QED) is 0.431. The van der Waals surface area contributed by atoms with Gasteiger partial charge in [-0.25, -0.2) is 0 Å². The number of allylic oxidation sites excluding steroid dienone is 7. The second-order valence-corrected chi connectivity index (χ2v) is 7.10. The Balaban J connectivity index is 3.33. The van der Waals surface area contributed by atoms with Gasteiger partial charge in [0.2, 0.25) is 0 Å². The molecule has 0 amide bonds. The molecule has 0 saturated heterocycles. The van der Waals surface area contributed by atoms with Gasteiger partial charge in [-0.3, -0.25) is 0 Å². The lowest BCUT2D eigenvalue weighted by atomic mass is 9.88. The molecule has 0 fully saturated rings. The van der Waals surface area contributed by atoms with Crippen LogP contribution in [0.4, 0.5) is 0 Å². The molecule has 25 heavy (non-hydrogen) atoms. The molecule has 0 N–H and O–H groups in total. The lowest BCUT2D eigenvalue weighted by Gasteiger charge is -2.17. The lowest BCUT2D eigenvalue weighted by molar-refractivity contribution is 0.559. The third-order valence-corrected chi connectivity index (χ3v) is 5.03. The molecule has 0 aliphatic carbocycles. The van der Waals surface area contributed by atoms with Crippen molar-refractivity contribution in [3.05, 3.63) is 89.1 Å². The van der Waals surface area contributed by atoms with Crippen LogP contribution >= 0.6 is 0 Å². The molecular weight excluding hydrogens is 300 g/mol. The van der Waals surface area contributed by atoms with Crippen LogP contribution in [0.15, 0.2) is 66.8 Å². The van der Waals surface area contributed by atoms with Crippen molar-refractivity contribution >= 4 is 5.57 Å². The Hall–Kier alpha value is -2.08. The zero-order chi connectivity index (χ0) is 19.1. The summed E-state index contributed by atoms with van der Waals surface area (Å²) in [5.74, 6) is 0.684.